The summed E-state index contributed by atoms with van der Waals surface area (Å²) >= 11 is 0. The fourth-order valence-corrected chi connectivity index (χ4v) is 3.60. The highest BCUT2D eigenvalue weighted by atomic mass is 16.5. The third kappa shape index (κ3) is 2.89. The van der Waals surface area contributed by atoms with Crippen molar-refractivity contribution in [1.82, 2.24) is 24.6 Å². The maximum atomic E-state index is 12.9. The molecule has 0 N–H and O–H groups in total. The minimum absolute atomic E-state index is 0.0277. The molecule has 0 bridgehead atoms. The number of likely N-dealkylation sites (tertiary alicyclic amines) is 1. The zero-order valence-corrected chi connectivity index (χ0v) is 14.9. The largest absolute Gasteiger partial charge is 0.497 e. The number of amides is 1. The molecule has 134 valence electrons. The summed E-state index contributed by atoms with van der Waals surface area (Å²) in [6, 6.07) is 7.30. The van der Waals surface area contributed by atoms with Crippen LogP contribution in [-0.2, 0) is 7.05 Å². The Hall–Kier alpha value is -2.96. The Morgan fingerprint density at radius 2 is 2.12 bits per heavy atom. The van der Waals surface area contributed by atoms with Crippen LogP contribution in [0.15, 0.2) is 36.7 Å². The quantitative estimate of drug-likeness (QED) is 0.724. The molecule has 1 aliphatic rings. The molecule has 26 heavy (non-hydrogen) atoms. The lowest BCUT2D eigenvalue weighted by Crippen LogP contribution is -2.39. The van der Waals surface area contributed by atoms with Crippen LogP contribution in [0.5, 0.6) is 5.75 Å². The van der Waals surface area contributed by atoms with Crippen LogP contribution in [0, 0.1) is 0 Å². The molecule has 1 aromatic carbocycles. The fraction of sp³-hybridized carbons (Fsp3) is 0.368. The number of hydrogen-bond donors (Lipinski definition) is 0. The minimum Gasteiger partial charge on any atom is -0.497 e. The van der Waals surface area contributed by atoms with Gasteiger partial charge in [0.05, 0.1) is 12.8 Å². The van der Waals surface area contributed by atoms with Gasteiger partial charge in [-0.2, -0.15) is 5.10 Å². The second-order valence-electron chi connectivity index (χ2n) is 6.56. The van der Waals surface area contributed by atoms with Crippen LogP contribution in [0.25, 0.3) is 11.2 Å². The summed E-state index contributed by atoms with van der Waals surface area (Å²) in [7, 11) is 3.48. The Kier molecular flexibility index (Phi) is 4.28. The Bertz CT molecular complexity index is 952. The van der Waals surface area contributed by atoms with Gasteiger partial charge in [-0.3, -0.25) is 4.79 Å². The highest BCUT2D eigenvalue weighted by Crippen LogP contribution is 2.30. The molecule has 0 radical (unpaired) electrons. The average molecular weight is 351 g/mol. The third-order valence-corrected chi connectivity index (χ3v) is 4.90. The number of ether oxygens (including phenoxy) is 1. The van der Waals surface area contributed by atoms with Crippen molar-refractivity contribution >= 4 is 17.1 Å². The number of carbonyl (C=O) groups is 1. The number of aryl methyl sites for hydroxylation is 1. The number of aromatic nitrogens is 4. The first kappa shape index (κ1) is 16.5. The van der Waals surface area contributed by atoms with Gasteiger partial charge in [0.15, 0.2) is 5.65 Å². The SMILES string of the molecule is COc1cccc(C(=O)N2CCCC(c3nn(C)c4nccnc34)C2)c1. The summed E-state index contributed by atoms with van der Waals surface area (Å²) in [4.78, 5) is 23.7. The van der Waals surface area contributed by atoms with Crippen molar-refractivity contribution in [2.45, 2.75) is 18.8 Å². The van der Waals surface area contributed by atoms with E-state index >= 15 is 0 Å². The van der Waals surface area contributed by atoms with Crippen molar-refractivity contribution in [2.24, 2.45) is 7.05 Å². The number of carbonyl (C=O) groups excluding carboxylic acids is 1. The zero-order chi connectivity index (χ0) is 18.1. The van der Waals surface area contributed by atoms with E-state index in [4.69, 9.17) is 4.74 Å². The van der Waals surface area contributed by atoms with Crippen LogP contribution < -0.4 is 4.74 Å². The summed E-state index contributed by atoms with van der Waals surface area (Å²) in [6.07, 6.45) is 5.30. The maximum Gasteiger partial charge on any atom is 0.254 e. The standard InChI is InChI=1S/C19H21N5O2/c1-23-18-17(20-8-9-21-18)16(22-23)14-6-4-10-24(12-14)19(25)13-5-3-7-15(11-13)26-2/h3,5,7-9,11,14H,4,6,10,12H2,1-2H3. The van der Waals surface area contributed by atoms with Gasteiger partial charge in [0.2, 0.25) is 0 Å². The number of hydrogen-bond acceptors (Lipinski definition) is 5. The van der Waals surface area contributed by atoms with Crippen LogP contribution in [0.4, 0.5) is 0 Å². The second kappa shape index (κ2) is 6.74. The lowest BCUT2D eigenvalue weighted by atomic mass is 9.94. The molecule has 3 aromatic rings. The minimum atomic E-state index is 0.0277. The molecule has 1 aliphatic heterocycles. The van der Waals surface area contributed by atoms with E-state index in [1.807, 2.05) is 30.1 Å². The van der Waals surface area contributed by atoms with E-state index in [-0.39, 0.29) is 11.8 Å². The van der Waals surface area contributed by atoms with Crippen molar-refractivity contribution in [3.05, 3.63) is 47.9 Å². The van der Waals surface area contributed by atoms with Gasteiger partial charge >= 0.3 is 0 Å². The van der Waals surface area contributed by atoms with E-state index in [2.05, 4.69) is 15.1 Å². The number of nitrogens with zero attached hydrogens (tertiary/aromatic N) is 5. The molecule has 0 saturated carbocycles. The van der Waals surface area contributed by atoms with E-state index in [9.17, 15) is 4.79 Å². The molecular weight excluding hydrogens is 330 g/mol. The Labute approximate surface area is 151 Å². The molecule has 4 rings (SSSR count). The molecule has 1 atom stereocenters. The molecule has 0 aliphatic carbocycles. The van der Waals surface area contributed by atoms with Gasteiger partial charge in [-0.05, 0) is 31.0 Å². The van der Waals surface area contributed by atoms with Crippen molar-refractivity contribution in [1.29, 1.82) is 0 Å². The topological polar surface area (TPSA) is 73.1 Å². The molecule has 2 aromatic heterocycles. The number of piperidine rings is 1. The summed E-state index contributed by atoms with van der Waals surface area (Å²) in [5, 5.41) is 4.64. The van der Waals surface area contributed by atoms with Gasteiger partial charge < -0.3 is 9.64 Å². The Morgan fingerprint density at radius 1 is 1.27 bits per heavy atom. The van der Waals surface area contributed by atoms with E-state index in [1.54, 1.807) is 30.3 Å². The Balaban J connectivity index is 1.60. The van der Waals surface area contributed by atoms with Gasteiger partial charge in [-0.1, -0.05) is 6.07 Å². The molecule has 1 unspecified atom stereocenters. The molecule has 1 fully saturated rings. The molecule has 7 heteroatoms. The van der Waals surface area contributed by atoms with Crippen LogP contribution in [-0.4, -0.2) is 50.8 Å². The molecule has 7 nitrogen and oxygen atoms in total. The van der Waals surface area contributed by atoms with Gasteiger partial charge in [-0.15, -0.1) is 0 Å². The van der Waals surface area contributed by atoms with E-state index in [0.717, 1.165) is 36.2 Å². The van der Waals surface area contributed by atoms with Crippen molar-refractivity contribution < 1.29 is 9.53 Å². The Morgan fingerprint density at radius 3 is 2.96 bits per heavy atom. The highest BCUT2D eigenvalue weighted by molar-refractivity contribution is 5.94. The summed E-state index contributed by atoms with van der Waals surface area (Å²) in [5.41, 5.74) is 3.18. The van der Waals surface area contributed by atoms with Crippen molar-refractivity contribution in [3.8, 4) is 5.75 Å². The van der Waals surface area contributed by atoms with E-state index in [0.29, 0.717) is 17.9 Å². The first-order valence-corrected chi connectivity index (χ1v) is 8.74. The molecule has 1 amide bonds. The monoisotopic (exact) mass is 351 g/mol. The number of fused-ring (bicyclic) bond motifs is 1. The number of benzene rings is 1. The van der Waals surface area contributed by atoms with E-state index in [1.165, 1.54) is 0 Å². The predicted molar refractivity (Wildman–Crippen MR) is 97.2 cm³/mol. The lowest BCUT2D eigenvalue weighted by molar-refractivity contribution is 0.0705. The first-order valence-electron chi connectivity index (χ1n) is 8.74. The number of methoxy groups -OCH3 is 1. The van der Waals surface area contributed by atoms with Crippen LogP contribution >= 0.6 is 0 Å². The third-order valence-electron chi connectivity index (χ3n) is 4.90. The van der Waals surface area contributed by atoms with Crippen LogP contribution in [0.1, 0.15) is 34.8 Å². The van der Waals surface area contributed by atoms with Gasteiger partial charge in [0.25, 0.3) is 5.91 Å². The average Bonchev–Trinajstić information content (AvgIpc) is 3.04. The predicted octanol–water partition coefficient (Wildman–Crippen LogP) is 2.39. The first-order chi connectivity index (χ1) is 12.7. The fourth-order valence-electron chi connectivity index (χ4n) is 3.60. The summed E-state index contributed by atoms with van der Waals surface area (Å²) in [6.45, 7) is 1.39. The highest BCUT2D eigenvalue weighted by Gasteiger charge is 2.29. The van der Waals surface area contributed by atoms with Crippen LogP contribution in [0.2, 0.25) is 0 Å². The van der Waals surface area contributed by atoms with Gasteiger partial charge in [0.1, 0.15) is 11.3 Å². The van der Waals surface area contributed by atoms with Gasteiger partial charge in [-0.25, -0.2) is 14.6 Å². The maximum absolute atomic E-state index is 12.9. The second-order valence-corrected chi connectivity index (χ2v) is 6.56. The van der Waals surface area contributed by atoms with Gasteiger partial charge in [0, 0.05) is 44.0 Å². The molecular formula is C19H21N5O2. The van der Waals surface area contributed by atoms with Crippen LogP contribution in [0.3, 0.4) is 0 Å². The molecule has 0 spiro atoms. The number of rotatable bonds is 3. The summed E-state index contributed by atoms with van der Waals surface area (Å²) < 4.78 is 7.00. The normalized spacial score (nSPS) is 17.5. The van der Waals surface area contributed by atoms with Crippen molar-refractivity contribution in [3.63, 3.8) is 0 Å². The molecule has 3 heterocycles. The van der Waals surface area contributed by atoms with Crippen molar-refractivity contribution in [2.75, 3.05) is 20.2 Å². The zero-order valence-electron chi connectivity index (χ0n) is 14.9. The molecule has 1 saturated heterocycles. The smallest absolute Gasteiger partial charge is 0.254 e. The van der Waals surface area contributed by atoms with E-state index < -0.39 is 0 Å². The lowest BCUT2D eigenvalue weighted by Gasteiger charge is -2.32. The summed E-state index contributed by atoms with van der Waals surface area (Å²) in [5.74, 6) is 0.883.